The van der Waals surface area contributed by atoms with Crippen LogP contribution < -0.4 is 0 Å². The molecule has 1 saturated heterocycles. The Morgan fingerprint density at radius 1 is 1.12 bits per heavy atom. The quantitative estimate of drug-likeness (QED) is 0.808. The number of aryl methyl sites for hydroxylation is 1. The number of hydrogen-bond donors (Lipinski definition) is 1. The number of likely N-dealkylation sites (tertiary alicyclic amines) is 1. The van der Waals surface area contributed by atoms with E-state index in [-0.39, 0.29) is 11.7 Å². The van der Waals surface area contributed by atoms with E-state index >= 15 is 0 Å². The molecule has 1 aliphatic rings. The van der Waals surface area contributed by atoms with Crippen LogP contribution >= 0.6 is 11.8 Å². The van der Waals surface area contributed by atoms with Crippen LogP contribution in [0.1, 0.15) is 18.4 Å². The van der Waals surface area contributed by atoms with E-state index < -0.39 is 0 Å². The molecule has 0 aliphatic carbocycles. The lowest BCUT2D eigenvalue weighted by Gasteiger charge is -2.16. The summed E-state index contributed by atoms with van der Waals surface area (Å²) in [5.41, 5.74) is 0.848. The zero-order chi connectivity index (χ0) is 16.8. The van der Waals surface area contributed by atoms with Crippen LogP contribution in [0.15, 0.2) is 59.5 Å². The maximum atomic E-state index is 12.4. The van der Waals surface area contributed by atoms with Gasteiger partial charge in [0.2, 0.25) is 5.91 Å². The molecule has 2 aromatic rings. The molecule has 0 saturated carbocycles. The molecule has 0 aromatic heterocycles. The van der Waals surface area contributed by atoms with Crippen molar-refractivity contribution in [2.75, 3.05) is 18.8 Å². The van der Waals surface area contributed by atoms with Crippen molar-refractivity contribution in [1.82, 2.24) is 4.90 Å². The number of hydrogen-bond acceptors (Lipinski definition) is 3. The van der Waals surface area contributed by atoms with E-state index in [1.54, 1.807) is 12.1 Å². The summed E-state index contributed by atoms with van der Waals surface area (Å²) < 4.78 is 0. The number of thioether (sulfide) groups is 1. The molecule has 3 nitrogen and oxygen atoms in total. The van der Waals surface area contributed by atoms with Gasteiger partial charge in [-0.05, 0) is 42.5 Å². The third-order valence-corrected chi connectivity index (χ3v) is 5.71. The number of benzene rings is 2. The third kappa shape index (κ3) is 4.54. The lowest BCUT2D eigenvalue weighted by atomic mass is 10.1. The summed E-state index contributed by atoms with van der Waals surface area (Å²) in [6.45, 7) is 1.72. The van der Waals surface area contributed by atoms with E-state index in [0.717, 1.165) is 30.8 Å². The SMILES string of the molecule is O=C(CCc1ccccc1O)N1CC[C@H](CSc2ccccc2)C1. The smallest absolute Gasteiger partial charge is 0.222 e. The predicted molar refractivity (Wildman–Crippen MR) is 98.3 cm³/mol. The number of para-hydroxylation sites is 1. The first kappa shape index (κ1) is 16.9. The van der Waals surface area contributed by atoms with E-state index in [4.69, 9.17) is 0 Å². The van der Waals surface area contributed by atoms with E-state index in [1.165, 1.54) is 4.90 Å². The maximum Gasteiger partial charge on any atom is 0.222 e. The lowest BCUT2D eigenvalue weighted by Crippen LogP contribution is -2.29. The fourth-order valence-electron chi connectivity index (χ4n) is 3.05. The van der Waals surface area contributed by atoms with Gasteiger partial charge >= 0.3 is 0 Å². The number of aromatic hydroxyl groups is 1. The van der Waals surface area contributed by atoms with E-state index in [2.05, 4.69) is 24.3 Å². The summed E-state index contributed by atoms with van der Waals surface area (Å²) in [5.74, 6) is 2.12. The standard InChI is InChI=1S/C20H23NO2S/c22-19-9-5-4-6-17(19)10-11-20(23)21-13-12-16(14-21)15-24-18-7-2-1-3-8-18/h1-9,16,22H,10-15H2/t16-/m0/s1. The fourth-order valence-corrected chi connectivity index (χ4v) is 4.10. The van der Waals surface area contributed by atoms with Crippen LogP contribution in [0.3, 0.4) is 0 Å². The number of rotatable bonds is 6. The molecule has 1 N–H and O–H groups in total. The minimum absolute atomic E-state index is 0.200. The summed E-state index contributed by atoms with van der Waals surface area (Å²) in [6.07, 6.45) is 2.16. The highest BCUT2D eigenvalue weighted by molar-refractivity contribution is 7.99. The van der Waals surface area contributed by atoms with Crippen molar-refractivity contribution in [1.29, 1.82) is 0 Å². The molecule has 1 fully saturated rings. The molecule has 1 atom stereocenters. The van der Waals surface area contributed by atoms with Gasteiger partial charge in [0, 0.05) is 30.2 Å². The van der Waals surface area contributed by atoms with Gasteiger partial charge in [0.15, 0.2) is 0 Å². The van der Waals surface area contributed by atoms with Crippen LogP contribution in [-0.4, -0.2) is 34.8 Å². The van der Waals surface area contributed by atoms with Gasteiger partial charge in [-0.25, -0.2) is 0 Å². The van der Waals surface area contributed by atoms with Crippen molar-refractivity contribution in [3.63, 3.8) is 0 Å². The number of phenols is 1. The predicted octanol–water partition coefficient (Wildman–Crippen LogP) is 3.97. The second kappa shape index (κ2) is 8.25. The molecule has 126 valence electrons. The summed E-state index contributed by atoms with van der Waals surface area (Å²) in [6, 6.07) is 17.7. The third-order valence-electron chi connectivity index (χ3n) is 4.47. The highest BCUT2D eigenvalue weighted by Gasteiger charge is 2.26. The first-order chi connectivity index (χ1) is 11.7. The number of amides is 1. The number of carbonyl (C=O) groups excluding carboxylic acids is 1. The fraction of sp³-hybridized carbons (Fsp3) is 0.350. The van der Waals surface area contributed by atoms with Crippen LogP contribution in [0.25, 0.3) is 0 Å². The largest absolute Gasteiger partial charge is 0.508 e. The molecule has 4 heteroatoms. The molecule has 3 rings (SSSR count). The summed E-state index contributed by atoms with van der Waals surface area (Å²) >= 11 is 1.87. The molecule has 1 amide bonds. The van der Waals surface area contributed by atoms with Crippen molar-refractivity contribution >= 4 is 17.7 Å². The molecular weight excluding hydrogens is 318 g/mol. The van der Waals surface area contributed by atoms with Gasteiger partial charge in [0.05, 0.1) is 0 Å². The van der Waals surface area contributed by atoms with Crippen molar-refractivity contribution < 1.29 is 9.90 Å². The first-order valence-corrected chi connectivity index (χ1v) is 9.43. The van der Waals surface area contributed by atoms with Crippen LogP contribution in [0.5, 0.6) is 5.75 Å². The first-order valence-electron chi connectivity index (χ1n) is 8.45. The second-order valence-electron chi connectivity index (χ2n) is 6.25. The Morgan fingerprint density at radius 2 is 1.88 bits per heavy atom. The van der Waals surface area contributed by atoms with Crippen LogP contribution in [0.2, 0.25) is 0 Å². The Labute approximate surface area is 147 Å². The molecular formula is C20H23NO2S. The maximum absolute atomic E-state index is 12.4. The average molecular weight is 341 g/mol. The Bertz CT molecular complexity index is 674. The van der Waals surface area contributed by atoms with Crippen molar-refractivity contribution in [2.24, 2.45) is 5.92 Å². The van der Waals surface area contributed by atoms with Gasteiger partial charge in [-0.15, -0.1) is 11.8 Å². The monoisotopic (exact) mass is 341 g/mol. The minimum atomic E-state index is 0.200. The zero-order valence-electron chi connectivity index (χ0n) is 13.7. The van der Waals surface area contributed by atoms with Crippen molar-refractivity contribution in [3.8, 4) is 5.75 Å². The minimum Gasteiger partial charge on any atom is -0.508 e. The topological polar surface area (TPSA) is 40.5 Å². The molecule has 0 spiro atoms. The van der Waals surface area contributed by atoms with E-state index in [1.807, 2.05) is 34.9 Å². The Kier molecular flexibility index (Phi) is 5.81. The Hall–Kier alpha value is -1.94. The van der Waals surface area contributed by atoms with Crippen LogP contribution in [0.4, 0.5) is 0 Å². The highest BCUT2D eigenvalue weighted by atomic mass is 32.2. The molecule has 2 aromatic carbocycles. The number of phenolic OH excluding ortho intramolecular Hbond substituents is 1. The zero-order valence-corrected chi connectivity index (χ0v) is 14.5. The molecule has 0 radical (unpaired) electrons. The van der Waals surface area contributed by atoms with Gasteiger partial charge < -0.3 is 10.0 Å². The second-order valence-corrected chi connectivity index (χ2v) is 7.34. The van der Waals surface area contributed by atoms with Crippen molar-refractivity contribution in [2.45, 2.75) is 24.2 Å². The van der Waals surface area contributed by atoms with Gasteiger partial charge in [0.25, 0.3) is 0 Å². The summed E-state index contributed by atoms with van der Waals surface area (Å²) in [4.78, 5) is 15.7. The van der Waals surface area contributed by atoms with Crippen LogP contribution in [-0.2, 0) is 11.2 Å². The van der Waals surface area contributed by atoms with Gasteiger partial charge in [0.1, 0.15) is 5.75 Å². The van der Waals surface area contributed by atoms with E-state index in [9.17, 15) is 9.90 Å². The Balaban J connectivity index is 1.43. The highest BCUT2D eigenvalue weighted by Crippen LogP contribution is 2.26. The Morgan fingerprint density at radius 3 is 2.67 bits per heavy atom. The molecule has 0 bridgehead atoms. The summed E-state index contributed by atoms with van der Waals surface area (Å²) in [5, 5.41) is 9.78. The van der Waals surface area contributed by atoms with E-state index in [0.29, 0.717) is 18.8 Å². The average Bonchev–Trinajstić information content (AvgIpc) is 3.09. The molecule has 24 heavy (non-hydrogen) atoms. The number of carbonyl (C=O) groups is 1. The van der Waals surface area contributed by atoms with Crippen LogP contribution in [0, 0.1) is 5.92 Å². The lowest BCUT2D eigenvalue weighted by molar-refractivity contribution is -0.130. The van der Waals surface area contributed by atoms with Gasteiger partial charge in [-0.3, -0.25) is 4.79 Å². The number of nitrogens with zero attached hydrogens (tertiary/aromatic N) is 1. The van der Waals surface area contributed by atoms with Gasteiger partial charge in [-0.2, -0.15) is 0 Å². The van der Waals surface area contributed by atoms with Gasteiger partial charge in [-0.1, -0.05) is 36.4 Å². The molecule has 1 aliphatic heterocycles. The molecule has 0 unspecified atom stereocenters. The molecule has 1 heterocycles. The normalized spacial score (nSPS) is 17.2. The summed E-state index contributed by atoms with van der Waals surface area (Å²) in [7, 11) is 0. The van der Waals surface area contributed by atoms with Crippen molar-refractivity contribution in [3.05, 3.63) is 60.2 Å².